The molecule has 1 saturated carbocycles. The summed E-state index contributed by atoms with van der Waals surface area (Å²) in [5.41, 5.74) is 3.12. The average molecular weight is 1220 g/mol. The van der Waals surface area contributed by atoms with Crippen molar-refractivity contribution in [1.82, 2.24) is 10.6 Å². The Morgan fingerprint density at radius 3 is 0.917 bits per heavy atom. The van der Waals surface area contributed by atoms with Crippen LogP contribution in [0, 0.1) is 37.5 Å². The second-order valence-corrected chi connectivity index (χ2v) is 32.0. The number of nitrogens with one attached hydrogen (secondary N) is 2. The van der Waals surface area contributed by atoms with Crippen molar-refractivity contribution in [3.05, 3.63) is 67.0 Å². The van der Waals surface area contributed by atoms with Crippen LogP contribution in [0.2, 0.25) is 0 Å². The van der Waals surface area contributed by atoms with Crippen molar-refractivity contribution in [2.24, 2.45) is 23.7 Å². The number of hydrogen-bond donors (Lipinski definition) is 2. The number of hydrogen-bond acceptors (Lipinski definition) is 8. The predicted molar refractivity (Wildman–Crippen MR) is 373 cm³/mol. The van der Waals surface area contributed by atoms with Crippen LogP contribution in [0.3, 0.4) is 0 Å². The molecule has 2 N–H and O–H groups in total. The molecule has 6 heterocycles. The van der Waals surface area contributed by atoms with Gasteiger partial charge in [-0.1, -0.05) is 285 Å². The number of carbonyl (C=O) groups is 2. The molecule has 0 spiro atoms. The van der Waals surface area contributed by atoms with Crippen LogP contribution in [-0.4, -0.2) is 36.7 Å². The molecule has 8 unspecified atom stereocenters. The maximum Gasteiger partial charge on any atom is 0.151 e. The van der Waals surface area contributed by atoms with Crippen LogP contribution in [0.1, 0.15) is 327 Å². The van der Waals surface area contributed by atoms with E-state index in [2.05, 4.69) is 88.6 Å². The summed E-state index contributed by atoms with van der Waals surface area (Å²) in [6.45, 7) is 14.8. The molecule has 0 amide bonds. The minimum Gasteiger partial charge on any atom is -0.306 e. The highest BCUT2D eigenvalue weighted by Gasteiger charge is 2.60. The van der Waals surface area contributed by atoms with Crippen molar-refractivity contribution in [3.8, 4) is 19.5 Å². The Labute approximate surface area is 531 Å². The van der Waals surface area contributed by atoms with E-state index in [0.29, 0.717) is 24.7 Å². The van der Waals surface area contributed by atoms with Crippen molar-refractivity contribution in [2.45, 2.75) is 335 Å². The van der Waals surface area contributed by atoms with E-state index in [1.807, 2.05) is 45.3 Å². The summed E-state index contributed by atoms with van der Waals surface area (Å²) in [5, 5.41) is 7.54. The smallest absolute Gasteiger partial charge is 0.151 e. The molecule has 3 fully saturated rings. The van der Waals surface area contributed by atoms with Crippen LogP contribution in [0.25, 0.3) is 19.5 Å². The largest absolute Gasteiger partial charge is 0.306 e. The lowest BCUT2D eigenvalue weighted by Crippen LogP contribution is -2.54. The van der Waals surface area contributed by atoms with Gasteiger partial charge < -0.3 is 10.6 Å². The number of ketones is 2. The fourth-order valence-electron chi connectivity index (χ4n) is 15.3. The maximum atomic E-state index is 14.3. The van der Waals surface area contributed by atoms with Crippen LogP contribution in [0.4, 0.5) is 0 Å². The highest BCUT2D eigenvalue weighted by atomic mass is 32.1. The van der Waals surface area contributed by atoms with Gasteiger partial charge in [0.05, 0.1) is 13.1 Å². The summed E-state index contributed by atoms with van der Waals surface area (Å²) in [6, 6.07) is 14.3. The molecule has 4 aromatic rings. The molecule has 8 atom stereocenters. The number of carbonyl (C=O) groups excluding carboxylic acids is 2. The molecule has 0 aromatic carbocycles. The standard InChI is InChI=1S/C76H122N2O2S4/c1-7-11-15-19-23-27-29-33-37-41-45-59(43-39-35-31-25-21-17-13-9-3)51-61-53-69(81-57(61)5)65-47-49-67(83-65)73-71-63(79)55-78-76(71)74(72-64(80)56-77-75(72)73)68-50-48-66(84-68)70-54-62(58(6)82-70)52-60(44-40-36-32-26-22-18-14-10-4)46-42-38-34-30-28-24-20-16-12-8-2/h47-50,53-54,59-60,71-78H,7-46,51-52,55-56H2,1-6H3. The molecule has 4 nitrogen and oxygen atoms in total. The molecule has 472 valence electrons. The molecular weight excluding hydrogens is 1100 g/mol. The van der Waals surface area contributed by atoms with Crippen molar-refractivity contribution in [3.63, 3.8) is 0 Å². The monoisotopic (exact) mass is 1220 g/mol. The van der Waals surface area contributed by atoms with E-state index in [9.17, 15) is 9.59 Å². The molecule has 2 aliphatic heterocycles. The Bertz CT molecular complexity index is 2240. The van der Waals surface area contributed by atoms with Gasteiger partial charge in [-0.2, -0.15) is 0 Å². The van der Waals surface area contributed by atoms with Crippen LogP contribution < -0.4 is 10.6 Å². The first-order valence-corrected chi connectivity index (χ1v) is 39.4. The van der Waals surface area contributed by atoms with E-state index in [1.165, 1.54) is 309 Å². The van der Waals surface area contributed by atoms with Crippen LogP contribution in [0.15, 0.2) is 36.4 Å². The zero-order valence-electron chi connectivity index (χ0n) is 54.6. The van der Waals surface area contributed by atoms with Gasteiger partial charge in [0.1, 0.15) is 0 Å². The summed E-state index contributed by atoms with van der Waals surface area (Å²) in [7, 11) is 0. The first-order chi connectivity index (χ1) is 41.2. The molecule has 84 heavy (non-hydrogen) atoms. The number of thiophene rings is 4. The number of unbranched alkanes of at least 4 members (excludes halogenated alkanes) is 32. The minimum atomic E-state index is -0.153. The Balaban J connectivity index is 0.985. The van der Waals surface area contributed by atoms with Gasteiger partial charge >= 0.3 is 0 Å². The van der Waals surface area contributed by atoms with Gasteiger partial charge in [0.2, 0.25) is 0 Å². The number of fused-ring (bicyclic) bond motifs is 2. The molecular formula is C76H122N2O2S4. The lowest BCUT2D eigenvalue weighted by Gasteiger charge is -2.45. The molecule has 3 aliphatic rings. The second kappa shape index (κ2) is 39.9. The van der Waals surface area contributed by atoms with Gasteiger partial charge in [-0.15, -0.1) is 45.3 Å². The van der Waals surface area contributed by atoms with Crippen LogP contribution in [0.5, 0.6) is 0 Å². The number of Topliss-reactive ketones (excluding diaryl/α,β-unsaturated/α-hetero) is 2. The third kappa shape index (κ3) is 22.2. The second-order valence-electron chi connectivity index (χ2n) is 27.2. The van der Waals surface area contributed by atoms with Crippen molar-refractivity contribution >= 4 is 56.9 Å². The van der Waals surface area contributed by atoms with Gasteiger partial charge in [-0.05, 0) is 86.1 Å². The quantitative estimate of drug-likeness (QED) is 0.0433. The minimum absolute atomic E-state index is 0.0115. The third-order valence-corrected chi connectivity index (χ3v) is 25.4. The molecule has 4 aromatic heterocycles. The first-order valence-electron chi connectivity index (χ1n) is 36.1. The number of rotatable bonds is 48. The van der Waals surface area contributed by atoms with Crippen LogP contribution >= 0.6 is 45.3 Å². The lowest BCUT2D eigenvalue weighted by molar-refractivity contribution is -0.125. The van der Waals surface area contributed by atoms with E-state index in [-0.39, 0.29) is 35.8 Å². The fourth-order valence-corrected chi connectivity index (χ4v) is 20.0. The normalized spacial score (nSPS) is 20.4. The summed E-state index contributed by atoms with van der Waals surface area (Å²) in [5.74, 6) is 1.83. The van der Waals surface area contributed by atoms with E-state index < -0.39 is 0 Å². The van der Waals surface area contributed by atoms with Crippen molar-refractivity contribution in [1.29, 1.82) is 0 Å². The van der Waals surface area contributed by atoms with Crippen molar-refractivity contribution < 1.29 is 9.59 Å². The summed E-state index contributed by atoms with van der Waals surface area (Å²) in [6.07, 6.45) is 58.1. The SMILES string of the molecule is CCCCCCCCCCCCC(CCCCCCCCCC)Cc1cc(-c2ccc(C3C4NCC(=O)C4C(c4ccc(-c5cc(CC(CCCCCCCCCC)CCCCCCCCCCCC)c(C)s5)s4)C4NCC(=O)C43)s2)sc1C. The Morgan fingerprint density at radius 2 is 0.631 bits per heavy atom. The summed E-state index contributed by atoms with van der Waals surface area (Å²) >= 11 is 7.75. The zero-order valence-corrected chi connectivity index (χ0v) is 57.9. The highest BCUT2D eigenvalue weighted by Crippen LogP contribution is 2.55. The highest BCUT2D eigenvalue weighted by molar-refractivity contribution is 7.22. The van der Waals surface area contributed by atoms with Gasteiger partial charge in [-0.25, -0.2) is 0 Å². The topological polar surface area (TPSA) is 58.2 Å². The van der Waals surface area contributed by atoms with Gasteiger partial charge in [0, 0.05) is 74.8 Å². The molecule has 7 rings (SSSR count). The van der Waals surface area contributed by atoms with Crippen molar-refractivity contribution in [2.75, 3.05) is 13.1 Å². The summed E-state index contributed by atoms with van der Waals surface area (Å²) in [4.78, 5) is 39.5. The molecule has 2 saturated heterocycles. The third-order valence-electron chi connectivity index (χ3n) is 20.4. The summed E-state index contributed by atoms with van der Waals surface area (Å²) < 4.78 is 0. The zero-order chi connectivity index (χ0) is 59.1. The first kappa shape index (κ1) is 69.5. The maximum absolute atomic E-state index is 14.3. The molecule has 0 radical (unpaired) electrons. The average Bonchev–Trinajstić information content (AvgIpc) is 4.04. The molecule has 1 aliphatic carbocycles. The van der Waals surface area contributed by atoms with E-state index in [1.54, 1.807) is 11.1 Å². The fraction of sp³-hybridized carbons (Fsp3) is 0.763. The Morgan fingerprint density at radius 1 is 0.357 bits per heavy atom. The van der Waals surface area contributed by atoms with Gasteiger partial charge in [0.15, 0.2) is 11.6 Å². The number of aryl methyl sites for hydroxylation is 2. The lowest BCUT2D eigenvalue weighted by atomic mass is 9.62. The van der Waals surface area contributed by atoms with Gasteiger partial charge in [0.25, 0.3) is 0 Å². The van der Waals surface area contributed by atoms with E-state index in [0.717, 1.165) is 11.8 Å². The Kier molecular flexibility index (Phi) is 33.1. The van der Waals surface area contributed by atoms with E-state index >= 15 is 0 Å². The predicted octanol–water partition coefficient (Wildman–Crippen LogP) is 24.1. The molecule has 8 heteroatoms. The molecule has 0 bridgehead atoms. The van der Waals surface area contributed by atoms with Gasteiger partial charge in [-0.3, -0.25) is 9.59 Å². The van der Waals surface area contributed by atoms with E-state index in [4.69, 9.17) is 0 Å². The van der Waals surface area contributed by atoms with Crippen LogP contribution in [-0.2, 0) is 22.4 Å². The Hall–Kier alpha value is -1.94.